The maximum absolute atomic E-state index is 11.7. The average molecular weight is 237 g/mol. The van der Waals surface area contributed by atoms with Crippen LogP contribution in [0.5, 0.6) is 0 Å². The predicted molar refractivity (Wildman–Crippen MR) is 65.4 cm³/mol. The summed E-state index contributed by atoms with van der Waals surface area (Å²) in [6.45, 7) is 0.568. The van der Waals surface area contributed by atoms with Crippen molar-refractivity contribution in [1.82, 2.24) is 4.90 Å². The van der Waals surface area contributed by atoms with Crippen LogP contribution >= 0.6 is 12.6 Å². The summed E-state index contributed by atoms with van der Waals surface area (Å²) < 4.78 is 0. The van der Waals surface area contributed by atoms with Crippen LogP contribution in [0.4, 0.5) is 0 Å². The van der Waals surface area contributed by atoms with Gasteiger partial charge in [-0.05, 0) is 5.56 Å². The lowest BCUT2D eigenvalue weighted by Crippen LogP contribution is -2.32. The van der Waals surface area contributed by atoms with Crippen LogP contribution in [0, 0.1) is 0 Å². The quantitative estimate of drug-likeness (QED) is 0.777. The number of carbonyl (C=O) groups is 1. The molecular weight excluding hydrogens is 222 g/mol. The highest BCUT2D eigenvalue weighted by atomic mass is 32.1. The fraction of sp³-hybridized carbons (Fsp3) is 0.417. The van der Waals surface area contributed by atoms with Gasteiger partial charge in [-0.3, -0.25) is 4.79 Å². The lowest BCUT2D eigenvalue weighted by Gasteiger charge is -2.26. The number of hydrogen-bond acceptors (Lipinski definition) is 3. The molecule has 1 aromatic rings. The summed E-state index contributed by atoms with van der Waals surface area (Å²) in [7, 11) is 0. The summed E-state index contributed by atoms with van der Waals surface area (Å²) in [5, 5.41) is 9.51. The van der Waals surface area contributed by atoms with Gasteiger partial charge in [0.15, 0.2) is 0 Å². The van der Waals surface area contributed by atoms with Crippen molar-refractivity contribution in [3.8, 4) is 0 Å². The first-order valence-corrected chi connectivity index (χ1v) is 5.87. The van der Waals surface area contributed by atoms with E-state index in [1.165, 1.54) is 0 Å². The van der Waals surface area contributed by atoms with E-state index in [4.69, 9.17) is 0 Å². The molecule has 1 N–H and O–H groups in total. The molecule has 1 heterocycles. The molecule has 0 aliphatic carbocycles. The van der Waals surface area contributed by atoms with Crippen LogP contribution in [0.2, 0.25) is 0 Å². The third-order valence-electron chi connectivity index (χ3n) is 2.87. The van der Waals surface area contributed by atoms with Crippen LogP contribution < -0.4 is 0 Å². The van der Waals surface area contributed by atoms with E-state index in [0.29, 0.717) is 13.0 Å². The zero-order valence-corrected chi connectivity index (χ0v) is 9.81. The van der Waals surface area contributed by atoms with Crippen molar-refractivity contribution in [1.29, 1.82) is 0 Å². The Labute approximate surface area is 100 Å². The highest BCUT2D eigenvalue weighted by Gasteiger charge is 2.32. The standard InChI is InChI=1S/C12H15NO2S/c14-8-11(9-4-2-1-3-5-9)13-7-10(16)6-12(13)15/h1-5,10-11,14,16H,6-8H2/t10?,11-/m0/s1. The molecule has 2 atom stereocenters. The van der Waals surface area contributed by atoms with E-state index in [1.54, 1.807) is 4.90 Å². The number of aliphatic hydroxyl groups is 1. The van der Waals surface area contributed by atoms with Crippen LogP contribution in [0.15, 0.2) is 30.3 Å². The minimum Gasteiger partial charge on any atom is -0.394 e. The SMILES string of the molecule is O=C1CC(S)CN1[C@@H](CO)c1ccccc1. The summed E-state index contributed by atoms with van der Waals surface area (Å²) in [6.07, 6.45) is 0.465. The van der Waals surface area contributed by atoms with Gasteiger partial charge in [0.05, 0.1) is 12.6 Å². The van der Waals surface area contributed by atoms with Gasteiger partial charge < -0.3 is 10.0 Å². The number of aliphatic hydroxyl groups excluding tert-OH is 1. The third kappa shape index (κ3) is 2.23. The van der Waals surface area contributed by atoms with Gasteiger partial charge in [0.1, 0.15) is 0 Å². The molecule has 4 heteroatoms. The number of amides is 1. The molecule has 0 aromatic heterocycles. The molecule has 0 saturated carbocycles. The van der Waals surface area contributed by atoms with E-state index >= 15 is 0 Å². The summed E-state index contributed by atoms with van der Waals surface area (Å²) in [5.41, 5.74) is 0.973. The topological polar surface area (TPSA) is 40.5 Å². The molecule has 1 amide bonds. The maximum atomic E-state index is 11.7. The summed E-state index contributed by atoms with van der Waals surface area (Å²) in [5.74, 6) is 0.0721. The van der Waals surface area contributed by atoms with Gasteiger partial charge in [-0.25, -0.2) is 0 Å². The number of benzene rings is 1. The molecule has 3 nitrogen and oxygen atoms in total. The smallest absolute Gasteiger partial charge is 0.224 e. The van der Waals surface area contributed by atoms with Crippen molar-refractivity contribution in [3.05, 3.63) is 35.9 Å². The Morgan fingerprint density at radius 1 is 1.44 bits per heavy atom. The molecule has 0 spiro atoms. The average Bonchev–Trinajstić information content (AvgIpc) is 2.61. The minimum atomic E-state index is -0.231. The monoisotopic (exact) mass is 237 g/mol. The Bertz CT molecular complexity index is 369. The molecule has 86 valence electrons. The Balaban J connectivity index is 2.20. The zero-order chi connectivity index (χ0) is 11.5. The van der Waals surface area contributed by atoms with Gasteiger partial charge >= 0.3 is 0 Å². The molecule has 0 radical (unpaired) electrons. The Morgan fingerprint density at radius 2 is 2.12 bits per heavy atom. The molecule has 1 fully saturated rings. The van der Waals surface area contributed by atoms with Gasteiger partial charge in [-0.2, -0.15) is 12.6 Å². The summed E-state index contributed by atoms with van der Waals surface area (Å²) >= 11 is 4.31. The highest BCUT2D eigenvalue weighted by Crippen LogP contribution is 2.27. The predicted octanol–water partition coefficient (Wildman–Crippen LogP) is 1.25. The second-order valence-electron chi connectivity index (χ2n) is 4.01. The first kappa shape index (κ1) is 11.5. The molecular formula is C12H15NO2S. The first-order chi connectivity index (χ1) is 7.72. The van der Waals surface area contributed by atoms with Crippen LogP contribution in [-0.4, -0.2) is 34.3 Å². The van der Waals surface area contributed by atoms with E-state index in [9.17, 15) is 9.90 Å². The number of rotatable bonds is 3. The van der Waals surface area contributed by atoms with Gasteiger partial charge in [-0.1, -0.05) is 30.3 Å². The van der Waals surface area contributed by atoms with Crippen LogP contribution in [0.3, 0.4) is 0 Å². The van der Waals surface area contributed by atoms with Gasteiger partial charge in [0.2, 0.25) is 5.91 Å². The molecule has 1 saturated heterocycles. The Hall–Kier alpha value is -1.00. The van der Waals surface area contributed by atoms with Gasteiger partial charge in [0.25, 0.3) is 0 Å². The van der Waals surface area contributed by atoms with E-state index < -0.39 is 0 Å². The fourth-order valence-electron chi connectivity index (χ4n) is 2.07. The summed E-state index contributed by atoms with van der Waals surface area (Å²) in [6, 6.07) is 9.38. The second-order valence-corrected chi connectivity index (χ2v) is 4.74. The lowest BCUT2D eigenvalue weighted by molar-refractivity contribution is -0.130. The van der Waals surface area contributed by atoms with Crippen LogP contribution in [0.25, 0.3) is 0 Å². The summed E-state index contributed by atoms with van der Waals surface area (Å²) in [4.78, 5) is 13.4. The number of likely N-dealkylation sites (tertiary alicyclic amines) is 1. The maximum Gasteiger partial charge on any atom is 0.224 e. The number of nitrogens with zero attached hydrogens (tertiary/aromatic N) is 1. The minimum absolute atomic E-state index is 0.0454. The van der Waals surface area contributed by atoms with E-state index in [0.717, 1.165) is 5.56 Å². The Kier molecular flexibility index (Phi) is 3.51. The lowest BCUT2D eigenvalue weighted by atomic mass is 10.1. The number of carbonyl (C=O) groups excluding carboxylic acids is 1. The zero-order valence-electron chi connectivity index (χ0n) is 8.91. The molecule has 0 bridgehead atoms. The Morgan fingerprint density at radius 3 is 2.62 bits per heavy atom. The van der Waals surface area contributed by atoms with Crippen molar-refractivity contribution in [3.63, 3.8) is 0 Å². The van der Waals surface area contributed by atoms with Crippen molar-refractivity contribution in [2.75, 3.05) is 13.2 Å². The van der Waals surface area contributed by atoms with E-state index in [2.05, 4.69) is 12.6 Å². The van der Waals surface area contributed by atoms with Crippen molar-refractivity contribution in [2.45, 2.75) is 17.7 Å². The number of hydrogen-bond donors (Lipinski definition) is 2. The molecule has 16 heavy (non-hydrogen) atoms. The molecule has 1 aliphatic rings. The third-order valence-corrected chi connectivity index (χ3v) is 3.22. The molecule has 1 unspecified atom stereocenters. The van der Waals surface area contributed by atoms with Crippen molar-refractivity contribution in [2.24, 2.45) is 0 Å². The largest absolute Gasteiger partial charge is 0.394 e. The second kappa shape index (κ2) is 4.89. The molecule has 1 aromatic carbocycles. The first-order valence-electron chi connectivity index (χ1n) is 5.35. The van der Waals surface area contributed by atoms with Crippen molar-refractivity contribution < 1.29 is 9.90 Å². The number of thiol groups is 1. The van der Waals surface area contributed by atoms with Crippen LogP contribution in [0.1, 0.15) is 18.0 Å². The van der Waals surface area contributed by atoms with Gasteiger partial charge in [-0.15, -0.1) is 0 Å². The normalized spacial score (nSPS) is 22.5. The van der Waals surface area contributed by atoms with Crippen LogP contribution in [-0.2, 0) is 4.79 Å². The molecule has 1 aliphatic heterocycles. The fourth-order valence-corrected chi connectivity index (χ4v) is 2.40. The van der Waals surface area contributed by atoms with E-state index in [-0.39, 0.29) is 23.8 Å². The van der Waals surface area contributed by atoms with Crippen molar-refractivity contribution >= 4 is 18.5 Å². The molecule has 2 rings (SSSR count). The van der Waals surface area contributed by atoms with Gasteiger partial charge in [0, 0.05) is 18.2 Å². The highest BCUT2D eigenvalue weighted by molar-refractivity contribution is 7.81. The van der Waals surface area contributed by atoms with E-state index in [1.807, 2.05) is 30.3 Å².